The van der Waals surface area contributed by atoms with Crippen LogP contribution in [0.5, 0.6) is 5.75 Å². The number of nitrogens with one attached hydrogen (secondary N) is 3. The number of aromatic nitrogens is 1. The van der Waals surface area contributed by atoms with Crippen molar-refractivity contribution in [3.8, 4) is 5.75 Å². The van der Waals surface area contributed by atoms with Crippen LogP contribution in [0.25, 0.3) is 0 Å². The molecule has 3 heterocycles. The van der Waals surface area contributed by atoms with E-state index in [9.17, 15) is 29.1 Å². The van der Waals surface area contributed by atoms with Crippen LogP contribution in [0, 0.1) is 17.3 Å². The predicted molar refractivity (Wildman–Crippen MR) is 262 cm³/mol. The molecule has 1 aromatic carbocycles. The molecule has 0 spiro atoms. The Hall–Kier alpha value is -4.68. The number of hydrogen-bond donors (Lipinski definition) is 5. The zero-order valence-electron chi connectivity index (χ0n) is 42.5. The van der Waals surface area contributed by atoms with Gasteiger partial charge in [-0.15, -0.1) is 23.1 Å². The van der Waals surface area contributed by atoms with Gasteiger partial charge in [-0.25, -0.2) is 24.2 Å². The molecule has 5 aliphatic rings. The van der Waals surface area contributed by atoms with Crippen LogP contribution in [0.3, 0.4) is 0 Å². The zero-order valence-corrected chi connectivity index (χ0v) is 44.1. The van der Waals surface area contributed by atoms with Gasteiger partial charge in [0.25, 0.3) is 5.91 Å². The molecule has 70 heavy (non-hydrogen) atoms. The number of rotatable bonds is 14. The van der Waals surface area contributed by atoms with Crippen molar-refractivity contribution in [2.75, 3.05) is 37.2 Å². The quantitative estimate of drug-likeness (QED) is 0.0475. The highest BCUT2D eigenvalue weighted by atomic mass is 32.2. The molecule has 2 aromatic rings. The Bertz CT molecular complexity index is 2310. The van der Waals surface area contributed by atoms with Crippen LogP contribution in [0.4, 0.5) is 19.5 Å². The first-order valence-electron chi connectivity index (χ1n) is 23.7. The Morgan fingerprint density at radius 2 is 1.66 bits per heavy atom. The number of amides is 5. The van der Waals surface area contributed by atoms with Crippen LogP contribution in [0.15, 0.2) is 22.4 Å². The van der Waals surface area contributed by atoms with Gasteiger partial charge >= 0.3 is 31.4 Å². The first kappa shape index (κ1) is 54.7. The lowest BCUT2D eigenvalue weighted by atomic mass is 9.43. The molecule has 3 aliphatic carbocycles. The lowest BCUT2D eigenvalue weighted by Crippen LogP contribution is -2.65. The van der Waals surface area contributed by atoms with Crippen molar-refractivity contribution in [2.24, 2.45) is 23.0 Å². The molecule has 6 N–H and O–H groups in total. The number of carbonyl (C=O) groups is 6. The number of esters is 1. The third kappa shape index (κ3) is 12.5. The van der Waals surface area contributed by atoms with E-state index in [0.29, 0.717) is 29.5 Å². The zero-order chi connectivity index (χ0) is 51.9. The Kier molecular flexibility index (Phi) is 16.3. The minimum Gasteiger partial charge on any atom is -0.456 e. The summed E-state index contributed by atoms with van der Waals surface area (Å²) in [5.74, 6) is -2.70. The van der Waals surface area contributed by atoms with E-state index in [1.165, 1.54) is 22.0 Å². The highest BCUT2D eigenvalue weighted by Crippen LogP contribution is 2.66. The van der Waals surface area contributed by atoms with Crippen LogP contribution in [-0.4, -0.2) is 136 Å². The number of nitrogens with two attached hydrogens (primary N) is 1. The maximum atomic E-state index is 15.1. The molecule has 7 atom stereocenters. The third-order valence-corrected chi connectivity index (χ3v) is 14.7. The van der Waals surface area contributed by atoms with Gasteiger partial charge in [0.05, 0.1) is 23.3 Å². The first-order valence-corrected chi connectivity index (χ1v) is 25.6. The molecule has 1 aromatic heterocycles. The molecular formula is C47H70BN7O13S2. The molecule has 2 bridgehead atoms. The fraction of sp³-hybridized carbons (Fsp3) is 0.681. The SMILES string of the molecule is CCN1CCN(C(=O)NC(C(=O)N[C@@H](Cc2ccc(SCCN)c(C(=O)OC(C)(C)C)c2OC(=O)OC(C)(C)C)B2O[C@@H]3C[C@@H]4C[C@@H](C4(C)C)[C@]3(C)O2)c2csc(NC(=O)OC(C)(C)C)n2)C(O)C1=O. The number of ether oxygens (including phenoxy) is 4. The predicted octanol–water partition coefficient (Wildman–Crippen LogP) is 6.04. The molecular weight excluding hydrogens is 945 g/mol. The van der Waals surface area contributed by atoms with Crippen molar-refractivity contribution in [1.82, 2.24) is 25.4 Å². The molecule has 2 aliphatic heterocycles. The number of urea groups is 1. The minimum absolute atomic E-state index is 0.00688. The van der Waals surface area contributed by atoms with E-state index in [1.54, 1.807) is 81.4 Å². The smallest absolute Gasteiger partial charge is 0.456 e. The molecule has 3 saturated carbocycles. The topological polar surface area (TPSA) is 260 Å². The van der Waals surface area contributed by atoms with Gasteiger partial charge in [0, 0.05) is 42.2 Å². The van der Waals surface area contributed by atoms with Crippen LogP contribution in [0.2, 0.25) is 0 Å². The third-order valence-electron chi connectivity index (χ3n) is 12.9. The van der Waals surface area contributed by atoms with E-state index in [2.05, 4.69) is 34.8 Å². The fourth-order valence-electron chi connectivity index (χ4n) is 9.47. The summed E-state index contributed by atoms with van der Waals surface area (Å²) in [6.07, 6.45) is -2.63. The average molecular weight is 1020 g/mol. The molecule has 20 nitrogen and oxygen atoms in total. The average Bonchev–Trinajstić information content (AvgIpc) is 3.84. The summed E-state index contributed by atoms with van der Waals surface area (Å²) < 4.78 is 36.6. The Morgan fingerprint density at radius 1 is 0.986 bits per heavy atom. The number of piperazine rings is 1. The molecule has 7 rings (SSSR count). The molecule has 5 amide bonds. The van der Waals surface area contributed by atoms with Crippen molar-refractivity contribution >= 4 is 71.4 Å². The Labute approximate surface area is 418 Å². The van der Waals surface area contributed by atoms with Crippen molar-refractivity contribution in [3.63, 3.8) is 0 Å². The number of likely N-dealkylation sites (N-methyl/N-ethyl adjacent to an activating group) is 1. The second-order valence-electron chi connectivity index (χ2n) is 21.9. The normalized spacial score (nSPS) is 23.9. The van der Waals surface area contributed by atoms with E-state index in [0.717, 1.165) is 22.7 Å². The lowest BCUT2D eigenvalue weighted by molar-refractivity contribution is -0.199. The molecule has 2 saturated heterocycles. The van der Waals surface area contributed by atoms with E-state index >= 15 is 4.79 Å². The summed E-state index contributed by atoms with van der Waals surface area (Å²) in [7, 11) is -1.13. The molecule has 5 fully saturated rings. The van der Waals surface area contributed by atoms with E-state index in [4.69, 9.17) is 34.0 Å². The van der Waals surface area contributed by atoms with Crippen LogP contribution >= 0.6 is 23.1 Å². The number of anilines is 1. The Morgan fingerprint density at radius 3 is 2.27 bits per heavy atom. The summed E-state index contributed by atoms with van der Waals surface area (Å²) in [5.41, 5.74) is 2.51. The highest BCUT2D eigenvalue weighted by Gasteiger charge is 2.68. The lowest BCUT2D eigenvalue weighted by Gasteiger charge is -2.64. The number of benzene rings is 1. The van der Waals surface area contributed by atoms with E-state index in [1.807, 2.05) is 6.92 Å². The Balaban J connectivity index is 1.44. The first-order chi connectivity index (χ1) is 32.4. The second-order valence-corrected chi connectivity index (χ2v) is 23.9. The van der Waals surface area contributed by atoms with Crippen LogP contribution in [0.1, 0.15) is 131 Å². The molecule has 2 unspecified atom stereocenters. The second kappa shape index (κ2) is 20.8. The number of thiazole rings is 1. The number of aliphatic hydroxyl groups excluding tert-OH is 1. The summed E-state index contributed by atoms with van der Waals surface area (Å²) in [5, 5.41) is 20.8. The van der Waals surface area contributed by atoms with Crippen molar-refractivity contribution in [3.05, 3.63) is 34.3 Å². The van der Waals surface area contributed by atoms with Gasteiger partial charge in [0.1, 0.15) is 22.4 Å². The summed E-state index contributed by atoms with van der Waals surface area (Å²) in [6.45, 7) is 24.1. The summed E-state index contributed by atoms with van der Waals surface area (Å²) in [4.78, 5) is 90.2. The van der Waals surface area contributed by atoms with Crippen LogP contribution < -0.4 is 26.4 Å². The fourth-order valence-corrected chi connectivity index (χ4v) is 11.0. The van der Waals surface area contributed by atoms with Gasteiger partial charge in [0.2, 0.25) is 12.1 Å². The van der Waals surface area contributed by atoms with Gasteiger partial charge in [-0.3, -0.25) is 19.8 Å². The number of aliphatic hydroxyl groups is 1. The van der Waals surface area contributed by atoms with Crippen molar-refractivity contribution < 1.29 is 62.1 Å². The molecule has 23 heteroatoms. The largest absolute Gasteiger partial charge is 0.514 e. The number of hydrogen-bond acceptors (Lipinski definition) is 17. The van der Waals surface area contributed by atoms with E-state index < -0.39 is 83.8 Å². The number of nitrogens with zero attached hydrogens (tertiary/aromatic N) is 3. The van der Waals surface area contributed by atoms with Gasteiger partial charge in [-0.1, -0.05) is 19.9 Å². The molecule has 0 radical (unpaired) electrons. The van der Waals surface area contributed by atoms with Gasteiger partial charge in [-0.05, 0) is 124 Å². The summed E-state index contributed by atoms with van der Waals surface area (Å²) >= 11 is 2.23. The van der Waals surface area contributed by atoms with Crippen molar-refractivity contribution in [1.29, 1.82) is 0 Å². The number of thioether (sulfide) groups is 1. The maximum Gasteiger partial charge on any atom is 0.514 e. The monoisotopic (exact) mass is 1020 g/mol. The minimum atomic E-state index is -1.83. The number of carbonyl (C=O) groups excluding carboxylic acids is 6. The summed E-state index contributed by atoms with van der Waals surface area (Å²) in [6, 6.07) is 0.797. The maximum absolute atomic E-state index is 15.1. The van der Waals surface area contributed by atoms with Gasteiger partial charge in [0.15, 0.2) is 16.9 Å². The van der Waals surface area contributed by atoms with Crippen LogP contribution in [-0.2, 0) is 39.5 Å². The van der Waals surface area contributed by atoms with E-state index in [-0.39, 0.29) is 71.2 Å². The van der Waals surface area contributed by atoms with Crippen molar-refractivity contribution in [2.45, 2.75) is 161 Å². The van der Waals surface area contributed by atoms with Gasteiger partial charge in [-0.2, -0.15) is 0 Å². The standard InChI is InChI=1S/C47H70BN7O13S2/c1-14-54-18-19-55(37(58)36(54)57)40(60)52-33(27-24-70-39(50-27)53-41(61)65-44(5,6)7)35(56)51-31(48-67-30-23-26-22-29(46(26,11)12)47(30,13)68-48)21-25-15-16-28(69-20-17-49)32(38(59)64-43(2,3)4)34(25)63-42(62)66-45(8,9)10/h15-16,24,26,29-31,33,37,58H,14,17-23,49H2,1-13H3,(H,51,56)(H,52,60)(H,50,53,61)/t26-,29-,30+,31-,33?,37?,47-/m0/s1. The molecule has 386 valence electrons. The van der Waals surface area contributed by atoms with Gasteiger partial charge < -0.3 is 54.6 Å². The highest BCUT2D eigenvalue weighted by molar-refractivity contribution is 7.99.